The molecule has 0 fully saturated rings. The first-order valence-corrected chi connectivity index (χ1v) is 9.71. The summed E-state index contributed by atoms with van der Waals surface area (Å²) in [5.74, 6) is -1.07. The second-order valence-electron chi connectivity index (χ2n) is 5.88. The van der Waals surface area contributed by atoms with Gasteiger partial charge in [-0.25, -0.2) is 17.8 Å². The van der Waals surface area contributed by atoms with Crippen molar-refractivity contribution in [3.05, 3.63) is 60.7 Å². The van der Waals surface area contributed by atoms with E-state index in [0.717, 1.165) is 23.2 Å². The van der Waals surface area contributed by atoms with Gasteiger partial charge in [-0.1, -0.05) is 12.1 Å². The van der Waals surface area contributed by atoms with Gasteiger partial charge in [-0.05, 0) is 43.3 Å². The number of nitrogens with one attached hydrogen (secondary N) is 1. The van der Waals surface area contributed by atoms with Crippen molar-refractivity contribution < 1.29 is 17.6 Å². The molecule has 0 saturated heterocycles. The fourth-order valence-corrected chi connectivity index (χ4v) is 3.79. The van der Waals surface area contributed by atoms with Crippen LogP contribution in [-0.2, 0) is 14.6 Å². The molecular formula is C18H18FN3O3S. The minimum absolute atomic E-state index is 0.0294. The number of imidazole rings is 1. The maximum absolute atomic E-state index is 12.9. The second kappa shape index (κ2) is 7.25. The van der Waals surface area contributed by atoms with Crippen molar-refractivity contribution in [3.63, 3.8) is 0 Å². The van der Waals surface area contributed by atoms with Crippen molar-refractivity contribution in [2.45, 2.75) is 17.9 Å². The van der Waals surface area contributed by atoms with Crippen LogP contribution < -0.4 is 5.32 Å². The summed E-state index contributed by atoms with van der Waals surface area (Å²) in [5, 5.41) is 2.63. The number of nitrogens with zero attached hydrogens (tertiary/aromatic N) is 2. The predicted molar refractivity (Wildman–Crippen MR) is 95.9 cm³/mol. The molecule has 6 nitrogen and oxygen atoms in total. The molecule has 1 amide bonds. The molecule has 26 heavy (non-hydrogen) atoms. The van der Waals surface area contributed by atoms with Gasteiger partial charge in [-0.2, -0.15) is 0 Å². The normalized spacial score (nSPS) is 12.8. The van der Waals surface area contributed by atoms with Crippen molar-refractivity contribution in [1.82, 2.24) is 14.9 Å². The summed E-state index contributed by atoms with van der Waals surface area (Å²) in [6.07, 6.45) is 1.59. The van der Waals surface area contributed by atoms with Crippen LogP contribution in [0, 0.1) is 5.82 Å². The molecule has 3 rings (SSSR count). The van der Waals surface area contributed by atoms with E-state index in [4.69, 9.17) is 0 Å². The van der Waals surface area contributed by atoms with Gasteiger partial charge in [-0.3, -0.25) is 4.79 Å². The highest BCUT2D eigenvalue weighted by Crippen LogP contribution is 2.17. The van der Waals surface area contributed by atoms with Crippen LogP contribution in [0.4, 0.5) is 4.39 Å². The van der Waals surface area contributed by atoms with Crippen LogP contribution in [0.5, 0.6) is 0 Å². The third kappa shape index (κ3) is 3.75. The number of carbonyl (C=O) groups is 1. The molecular weight excluding hydrogens is 357 g/mol. The molecule has 0 bridgehead atoms. The highest BCUT2D eigenvalue weighted by molar-refractivity contribution is 7.91. The maximum atomic E-state index is 12.9. The van der Waals surface area contributed by atoms with E-state index in [9.17, 15) is 17.6 Å². The molecule has 1 heterocycles. The minimum Gasteiger partial charge on any atom is -0.353 e. The van der Waals surface area contributed by atoms with Crippen LogP contribution in [0.15, 0.2) is 59.8 Å². The third-order valence-corrected chi connectivity index (χ3v) is 5.85. The van der Waals surface area contributed by atoms with E-state index in [0.29, 0.717) is 0 Å². The number of para-hydroxylation sites is 2. The Kier molecular flexibility index (Phi) is 5.03. The van der Waals surface area contributed by atoms with Crippen LogP contribution in [0.25, 0.3) is 11.0 Å². The van der Waals surface area contributed by atoms with E-state index in [1.165, 1.54) is 12.1 Å². The van der Waals surface area contributed by atoms with E-state index in [-0.39, 0.29) is 23.1 Å². The Morgan fingerprint density at radius 1 is 1.19 bits per heavy atom. The molecule has 2 aromatic carbocycles. The summed E-state index contributed by atoms with van der Waals surface area (Å²) in [4.78, 5) is 16.6. The molecule has 1 atom stereocenters. The lowest BCUT2D eigenvalue weighted by atomic mass is 10.2. The molecule has 1 unspecified atom stereocenters. The lowest BCUT2D eigenvalue weighted by Crippen LogP contribution is -2.34. The zero-order chi connectivity index (χ0) is 18.7. The number of aromatic nitrogens is 2. The van der Waals surface area contributed by atoms with Crippen LogP contribution in [-0.4, -0.2) is 36.2 Å². The average molecular weight is 375 g/mol. The number of rotatable bonds is 6. The zero-order valence-corrected chi connectivity index (χ0v) is 14.9. The number of hydrogen-bond acceptors (Lipinski definition) is 4. The number of amides is 1. The van der Waals surface area contributed by atoms with Crippen molar-refractivity contribution >= 4 is 26.8 Å². The second-order valence-corrected chi connectivity index (χ2v) is 7.99. The molecule has 3 aromatic rings. The summed E-state index contributed by atoms with van der Waals surface area (Å²) >= 11 is 0. The van der Waals surface area contributed by atoms with E-state index < -0.39 is 21.7 Å². The summed E-state index contributed by atoms with van der Waals surface area (Å²) < 4.78 is 39.1. The molecule has 136 valence electrons. The Morgan fingerprint density at radius 2 is 1.88 bits per heavy atom. The standard InChI is InChI=1S/C18H18FN3O3S/c1-13(22-12-21-16-4-2-3-5-17(16)22)18(23)20-10-11-26(24,25)15-8-6-14(19)7-9-15/h2-9,12-13H,10-11H2,1H3,(H,20,23). The van der Waals surface area contributed by atoms with Gasteiger partial charge in [0, 0.05) is 6.54 Å². The Labute approximate surface area is 150 Å². The fraction of sp³-hybridized carbons (Fsp3) is 0.222. The fourth-order valence-electron chi connectivity index (χ4n) is 2.63. The van der Waals surface area contributed by atoms with Crippen molar-refractivity contribution in [2.75, 3.05) is 12.3 Å². The Hall–Kier alpha value is -2.74. The first-order valence-electron chi connectivity index (χ1n) is 8.06. The molecule has 0 aliphatic rings. The zero-order valence-electron chi connectivity index (χ0n) is 14.1. The Bertz CT molecular complexity index is 1030. The number of hydrogen-bond donors (Lipinski definition) is 1. The van der Waals surface area contributed by atoms with Crippen LogP contribution in [0.2, 0.25) is 0 Å². The number of benzene rings is 2. The van der Waals surface area contributed by atoms with Gasteiger partial charge in [-0.15, -0.1) is 0 Å². The molecule has 0 spiro atoms. The number of fused-ring (bicyclic) bond motifs is 1. The maximum Gasteiger partial charge on any atom is 0.242 e. The van der Waals surface area contributed by atoms with E-state index >= 15 is 0 Å². The van der Waals surface area contributed by atoms with Crippen molar-refractivity contribution in [3.8, 4) is 0 Å². The Morgan fingerprint density at radius 3 is 2.62 bits per heavy atom. The largest absolute Gasteiger partial charge is 0.353 e. The SMILES string of the molecule is CC(C(=O)NCCS(=O)(=O)c1ccc(F)cc1)n1cnc2ccccc21. The van der Waals surface area contributed by atoms with Gasteiger partial charge in [0.05, 0.1) is 28.0 Å². The predicted octanol–water partition coefficient (Wildman–Crippen LogP) is 2.33. The molecule has 0 aliphatic carbocycles. The van der Waals surface area contributed by atoms with Crippen LogP contribution in [0.1, 0.15) is 13.0 Å². The quantitative estimate of drug-likeness (QED) is 0.671. The highest BCUT2D eigenvalue weighted by atomic mass is 32.2. The molecule has 8 heteroatoms. The van der Waals surface area contributed by atoms with Gasteiger partial charge in [0.15, 0.2) is 9.84 Å². The van der Waals surface area contributed by atoms with Crippen molar-refractivity contribution in [2.24, 2.45) is 0 Å². The Balaban J connectivity index is 1.62. The smallest absolute Gasteiger partial charge is 0.242 e. The van der Waals surface area contributed by atoms with Gasteiger partial charge in [0.25, 0.3) is 0 Å². The van der Waals surface area contributed by atoms with E-state index in [1.807, 2.05) is 24.3 Å². The number of carbonyl (C=O) groups excluding carboxylic acids is 1. The van der Waals surface area contributed by atoms with Gasteiger partial charge < -0.3 is 9.88 Å². The molecule has 1 aromatic heterocycles. The first-order chi connectivity index (χ1) is 12.4. The highest BCUT2D eigenvalue weighted by Gasteiger charge is 2.19. The van der Waals surface area contributed by atoms with Gasteiger partial charge >= 0.3 is 0 Å². The number of halogens is 1. The van der Waals surface area contributed by atoms with E-state index in [1.54, 1.807) is 17.8 Å². The van der Waals surface area contributed by atoms with Gasteiger partial charge in [0.2, 0.25) is 5.91 Å². The first kappa shape index (κ1) is 18.1. The summed E-state index contributed by atoms with van der Waals surface area (Å²) in [6.45, 7) is 1.69. The summed E-state index contributed by atoms with van der Waals surface area (Å²) in [5.41, 5.74) is 1.61. The lowest BCUT2D eigenvalue weighted by Gasteiger charge is -2.14. The summed E-state index contributed by atoms with van der Waals surface area (Å²) in [7, 11) is -3.59. The molecule has 0 saturated carbocycles. The van der Waals surface area contributed by atoms with Crippen molar-refractivity contribution in [1.29, 1.82) is 0 Å². The number of sulfone groups is 1. The molecule has 0 radical (unpaired) electrons. The lowest BCUT2D eigenvalue weighted by molar-refractivity contribution is -0.123. The summed E-state index contributed by atoms with van der Waals surface area (Å²) in [6, 6.07) is 11.5. The average Bonchev–Trinajstić information content (AvgIpc) is 3.05. The van der Waals surface area contributed by atoms with Gasteiger partial charge in [0.1, 0.15) is 11.9 Å². The monoisotopic (exact) mass is 375 g/mol. The van der Waals surface area contributed by atoms with E-state index in [2.05, 4.69) is 10.3 Å². The minimum atomic E-state index is -3.59. The van der Waals surface area contributed by atoms with Crippen LogP contribution in [0.3, 0.4) is 0 Å². The molecule has 1 N–H and O–H groups in total. The third-order valence-electron chi connectivity index (χ3n) is 4.12. The topological polar surface area (TPSA) is 81.1 Å². The molecule has 0 aliphatic heterocycles. The van der Waals surface area contributed by atoms with Crippen LogP contribution >= 0.6 is 0 Å².